The molecular formula is C22H18FN5O2S. The predicted octanol–water partition coefficient (Wildman–Crippen LogP) is 3.00. The number of thioether (sulfide) groups is 1. The fourth-order valence-corrected chi connectivity index (χ4v) is 5.01. The Hall–Kier alpha value is -3.46. The summed E-state index contributed by atoms with van der Waals surface area (Å²) in [6.07, 6.45) is 2.83. The second kappa shape index (κ2) is 7.99. The largest absolute Gasteiger partial charge is 0.324 e. The molecule has 0 saturated carbocycles. The lowest BCUT2D eigenvalue weighted by Gasteiger charge is -2.24. The van der Waals surface area contributed by atoms with Crippen LogP contribution >= 0.6 is 11.8 Å². The minimum absolute atomic E-state index is 0.163. The first-order valence-electron chi connectivity index (χ1n) is 9.77. The first-order chi connectivity index (χ1) is 15.1. The number of hydrogen-bond donors (Lipinski definition) is 0. The molecular weight excluding hydrogens is 417 g/mol. The van der Waals surface area contributed by atoms with E-state index in [1.165, 1.54) is 34.9 Å². The maximum Gasteiger partial charge on any atom is 0.264 e. The fourth-order valence-electron chi connectivity index (χ4n) is 3.71. The molecule has 7 nitrogen and oxygen atoms in total. The highest BCUT2D eigenvalue weighted by Crippen LogP contribution is 2.39. The third-order valence-corrected chi connectivity index (χ3v) is 6.49. The molecule has 1 atom stereocenters. The van der Waals surface area contributed by atoms with Gasteiger partial charge in [0.15, 0.2) is 5.65 Å². The van der Waals surface area contributed by atoms with Gasteiger partial charge in [-0.2, -0.15) is 5.10 Å². The highest BCUT2D eigenvalue weighted by atomic mass is 32.2. The van der Waals surface area contributed by atoms with Gasteiger partial charge in [-0.25, -0.2) is 14.1 Å². The molecule has 1 amide bonds. The summed E-state index contributed by atoms with van der Waals surface area (Å²) in [6.45, 7) is 0.336. The summed E-state index contributed by atoms with van der Waals surface area (Å²) in [4.78, 5) is 32.0. The minimum atomic E-state index is -0.401. The topological polar surface area (TPSA) is 73.0 Å². The van der Waals surface area contributed by atoms with Gasteiger partial charge < -0.3 is 4.90 Å². The van der Waals surface area contributed by atoms with Crippen molar-refractivity contribution in [1.82, 2.24) is 24.2 Å². The second-order valence-electron chi connectivity index (χ2n) is 7.14. The second-order valence-corrected chi connectivity index (χ2v) is 8.33. The van der Waals surface area contributed by atoms with E-state index in [2.05, 4.69) is 10.1 Å². The van der Waals surface area contributed by atoms with Crippen LogP contribution in [0.15, 0.2) is 71.9 Å². The minimum Gasteiger partial charge on any atom is -0.324 e. The first-order valence-corrected chi connectivity index (χ1v) is 10.8. The van der Waals surface area contributed by atoms with Crippen LogP contribution in [-0.2, 0) is 11.3 Å². The van der Waals surface area contributed by atoms with Gasteiger partial charge >= 0.3 is 0 Å². The van der Waals surface area contributed by atoms with Gasteiger partial charge in [-0.1, -0.05) is 36.4 Å². The van der Waals surface area contributed by atoms with Crippen molar-refractivity contribution in [1.29, 1.82) is 0 Å². The Morgan fingerprint density at radius 1 is 1.13 bits per heavy atom. The summed E-state index contributed by atoms with van der Waals surface area (Å²) in [6, 6.07) is 15.9. The number of carbonyl (C=O) groups is 1. The van der Waals surface area contributed by atoms with E-state index in [0.29, 0.717) is 28.9 Å². The molecule has 2 aromatic carbocycles. The van der Waals surface area contributed by atoms with Crippen LogP contribution in [-0.4, -0.2) is 42.4 Å². The number of rotatable bonds is 4. The van der Waals surface area contributed by atoms with E-state index >= 15 is 0 Å². The SMILES string of the molecule is O=C(Cn1cnc2c(cnn2-c2ccccc2)c1=O)N1CCS[C@H]1c1ccccc1F. The fraction of sp³-hybridized carbons (Fsp3) is 0.182. The van der Waals surface area contributed by atoms with Gasteiger partial charge in [0.05, 0.1) is 11.9 Å². The molecule has 1 saturated heterocycles. The van der Waals surface area contributed by atoms with E-state index in [-0.39, 0.29) is 23.8 Å². The number of aromatic nitrogens is 4. The molecule has 0 N–H and O–H groups in total. The average molecular weight is 435 g/mol. The van der Waals surface area contributed by atoms with E-state index in [9.17, 15) is 14.0 Å². The van der Waals surface area contributed by atoms with Crippen molar-refractivity contribution in [2.45, 2.75) is 11.9 Å². The van der Waals surface area contributed by atoms with Crippen LogP contribution < -0.4 is 5.56 Å². The van der Waals surface area contributed by atoms with E-state index in [1.807, 2.05) is 30.3 Å². The standard InChI is InChI=1S/C22H18FN5O2S/c23-18-9-5-4-8-16(18)22-27(10-11-31-22)19(29)13-26-14-24-20-17(21(26)30)12-25-28(20)15-6-2-1-3-7-15/h1-9,12,14,22H,10-11,13H2/t22-/m0/s1. The number of benzene rings is 2. The van der Waals surface area contributed by atoms with Crippen molar-refractivity contribution in [3.05, 3.63) is 88.9 Å². The zero-order valence-electron chi connectivity index (χ0n) is 16.4. The van der Waals surface area contributed by atoms with Gasteiger partial charge in [0.25, 0.3) is 5.56 Å². The maximum absolute atomic E-state index is 14.3. The normalized spacial score (nSPS) is 16.2. The lowest BCUT2D eigenvalue weighted by atomic mass is 10.2. The number of amides is 1. The van der Waals surface area contributed by atoms with E-state index in [0.717, 1.165) is 5.69 Å². The van der Waals surface area contributed by atoms with E-state index in [4.69, 9.17) is 0 Å². The van der Waals surface area contributed by atoms with Crippen molar-refractivity contribution in [2.24, 2.45) is 0 Å². The summed E-state index contributed by atoms with van der Waals surface area (Å²) in [5, 5.41) is 4.22. The molecule has 1 fully saturated rings. The van der Waals surface area contributed by atoms with Crippen molar-refractivity contribution >= 4 is 28.7 Å². The molecule has 1 aliphatic heterocycles. The molecule has 0 radical (unpaired) electrons. The zero-order chi connectivity index (χ0) is 21.4. The van der Waals surface area contributed by atoms with Gasteiger partial charge in [0, 0.05) is 17.9 Å². The van der Waals surface area contributed by atoms with Crippen molar-refractivity contribution < 1.29 is 9.18 Å². The third-order valence-electron chi connectivity index (χ3n) is 5.24. The van der Waals surface area contributed by atoms with Crippen LogP contribution in [0, 0.1) is 5.82 Å². The Kier molecular flexibility index (Phi) is 5.03. The Balaban J connectivity index is 1.43. The maximum atomic E-state index is 14.3. The molecule has 0 spiro atoms. The molecule has 5 rings (SSSR count). The van der Waals surface area contributed by atoms with Crippen molar-refractivity contribution in [3.8, 4) is 5.69 Å². The molecule has 0 bridgehead atoms. The Morgan fingerprint density at radius 2 is 1.90 bits per heavy atom. The third kappa shape index (κ3) is 3.50. The molecule has 9 heteroatoms. The quantitative estimate of drug-likeness (QED) is 0.493. The van der Waals surface area contributed by atoms with Crippen LogP contribution in [0.25, 0.3) is 16.7 Å². The number of halogens is 1. The van der Waals surface area contributed by atoms with Gasteiger partial charge in [-0.15, -0.1) is 11.8 Å². The van der Waals surface area contributed by atoms with Crippen LogP contribution in [0.3, 0.4) is 0 Å². The summed E-state index contributed by atoms with van der Waals surface area (Å²) in [5.41, 5.74) is 1.36. The van der Waals surface area contributed by atoms with Crippen LogP contribution in [0.5, 0.6) is 0 Å². The first kappa shape index (κ1) is 19.5. The highest BCUT2D eigenvalue weighted by Gasteiger charge is 2.32. The van der Waals surface area contributed by atoms with Crippen LogP contribution in [0.1, 0.15) is 10.9 Å². The molecule has 0 unspecified atom stereocenters. The smallest absolute Gasteiger partial charge is 0.264 e. The summed E-state index contributed by atoms with van der Waals surface area (Å²) in [5.74, 6) is 0.117. The lowest BCUT2D eigenvalue weighted by Crippen LogP contribution is -2.36. The van der Waals surface area contributed by atoms with Crippen molar-refractivity contribution in [3.63, 3.8) is 0 Å². The number of nitrogens with zero attached hydrogens (tertiary/aromatic N) is 5. The summed E-state index contributed by atoms with van der Waals surface area (Å²) < 4.78 is 17.1. The highest BCUT2D eigenvalue weighted by molar-refractivity contribution is 7.99. The van der Waals surface area contributed by atoms with Gasteiger partial charge in [-0.05, 0) is 18.2 Å². The Labute approximate surface area is 181 Å². The van der Waals surface area contributed by atoms with Crippen LogP contribution in [0.4, 0.5) is 4.39 Å². The van der Waals surface area contributed by atoms with E-state index in [1.54, 1.807) is 27.8 Å². The molecule has 2 aromatic heterocycles. The number of hydrogen-bond acceptors (Lipinski definition) is 5. The summed E-state index contributed by atoms with van der Waals surface area (Å²) in [7, 11) is 0. The zero-order valence-corrected chi connectivity index (χ0v) is 17.2. The number of fused-ring (bicyclic) bond motifs is 1. The molecule has 0 aliphatic carbocycles. The van der Waals surface area contributed by atoms with Gasteiger partial charge in [-0.3, -0.25) is 14.2 Å². The Bertz CT molecular complexity index is 1320. The van der Waals surface area contributed by atoms with Crippen LogP contribution in [0.2, 0.25) is 0 Å². The monoisotopic (exact) mass is 435 g/mol. The van der Waals surface area contributed by atoms with Gasteiger partial charge in [0.2, 0.25) is 5.91 Å². The average Bonchev–Trinajstić information content (AvgIpc) is 3.44. The van der Waals surface area contributed by atoms with Gasteiger partial charge in [0.1, 0.15) is 29.4 Å². The van der Waals surface area contributed by atoms with E-state index < -0.39 is 5.37 Å². The molecule has 156 valence electrons. The molecule has 31 heavy (non-hydrogen) atoms. The number of carbonyl (C=O) groups excluding carboxylic acids is 1. The number of para-hydroxylation sites is 1. The molecule has 4 aromatic rings. The lowest BCUT2D eigenvalue weighted by molar-refractivity contribution is -0.132. The Morgan fingerprint density at radius 3 is 2.71 bits per heavy atom. The summed E-state index contributed by atoms with van der Waals surface area (Å²) >= 11 is 1.51. The molecule has 3 heterocycles. The predicted molar refractivity (Wildman–Crippen MR) is 116 cm³/mol. The molecule has 1 aliphatic rings. The van der Waals surface area contributed by atoms with Crippen molar-refractivity contribution in [2.75, 3.05) is 12.3 Å².